The number of Topliss-reactive ketones (excluding diaryl/α,β-unsaturated/α-hetero) is 2. The van der Waals surface area contributed by atoms with E-state index in [-0.39, 0.29) is 30.4 Å². The predicted molar refractivity (Wildman–Crippen MR) is 96.7 cm³/mol. The van der Waals surface area contributed by atoms with E-state index in [1.165, 1.54) is 5.57 Å². The monoisotopic (exact) mass is 336 g/mol. The van der Waals surface area contributed by atoms with Crippen LogP contribution in [0.3, 0.4) is 0 Å². The second-order valence-electron chi connectivity index (χ2n) is 6.60. The van der Waals surface area contributed by atoms with Gasteiger partial charge in [-0.1, -0.05) is 25.2 Å². The Morgan fingerprint density at radius 1 is 1.04 bits per heavy atom. The number of rotatable bonds is 13. The van der Waals surface area contributed by atoms with Crippen LogP contribution in [0.4, 0.5) is 0 Å². The molecule has 0 saturated heterocycles. The van der Waals surface area contributed by atoms with Crippen LogP contribution in [0.25, 0.3) is 0 Å². The summed E-state index contributed by atoms with van der Waals surface area (Å²) in [4.78, 5) is 34.9. The van der Waals surface area contributed by atoms with Crippen LogP contribution in [0.2, 0.25) is 0 Å². The van der Waals surface area contributed by atoms with Crippen molar-refractivity contribution in [2.24, 2.45) is 0 Å². The minimum absolute atomic E-state index is 0.000648. The van der Waals surface area contributed by atoms with Crippen LogP contribution in [0.1, 0.15) is 79.1 Å². The summed E-state index contributed by atoms with van der Waals surface area (Å²) in [6.07, 6.45) is 7.31. The zero-order valence-corrected chi connectivity index (χ0v) is 15.7. The summed E-state index contributed by atoms with van der Waals surface area (Å²) in [5.74, 6) is -0.214. The maximum atomic E-state index is 12.0. The van der Waals surface area contributed by atoms with Gasteiger partial charge >= 0.3 is 5.97 Å². The molecule has 0 aliphatic rings. The van der Waals surface area contributed by atoms with E-state index in [1.807, 2.05) is 27.7 Å². The molecule has 0 N–H and O–H groups in total. The van der Waals surface area contributed by atoms with Gasteiger partial charge in [-0.3, -0.25) is 14.4 Å². The van der Waals surface area contributed by atoms with Crippen molar-refractivity contribution in [3.05, 3.63) is 24.3 Å². The van der Waals surface area contributed by atoms with Crippen LogP contribution in [-0.2, 0) is 19.1 Å². The largest absolute Gasteiger partial charge is 0.455 e. The molecular formula is C20H32O4. The van der Waals surface area contributed by atoms with E-state index >= 15 is 0 Å². The summed E-state index contributed by atoms with van der Waals surface area (Å²) >= 11 is 0. The molecule has 0 rings (SSSR count). The fraction of sp³-hybridized carbons (Fsp3) is 0.650. The first-order valence-corrected chi connectivity index (χ1v) is 8.74. The maximum absolute atomic E-state index is 12.0. The van der Waals surface area contributed by atoms with E-state index in [9.17, 15) is 14.4 Å². The molecule has 136 valence electrons. The molecule has 4 heteroatoms. The summed E-state index contributed by atoms with van der Waals surface area (Å²) < 4.78 is 5.49. The van der Waals surface area contributed by atoms with Crippen molar-refractivity contribution < 1.29 is 19.1 Å². The Kier molecular flexibility index (Phi) is 10.9. The molecule has 4 nitrogen and oxygen atoms in total. The number of hydrogen-bond donors (Lipinski definition) is 0. The number of allylic oxidation sites excluding steroid dienone is 2. The van der Waals surface area contributed by atoms with E-state index in [0.717, 1.165) is 6.42 Å². The third kappa shape index (κ3) is 10.9. The Balaban J connectivity index is 4.17. The highest BCUT2D eigenvalue weighted by Gasteiger charge is 2.24. The number of hydrogen-bond acceptors (Lipinski definition) is 4. The number of carbonyl (C=O) groups is 3. The second kappa shape index (κ2) is 11.8. The highest BCUT2D eigenvalue weighted by atomic mass is 16.6. The summed E-state index contributed by atoms with van der Waals surface area (Å²) in [6, 6.07) is 0. The highest BCUT2D eigenvalue weighted by Crippen LogP contribution is 2.21. The van der Waals surface area contributed by atoms with E-state index in [0.29, 0.717) is 32.1 Å². The highest BCUT2D eigenvalue weighted by molar-refractivity contribution is 5.84. The SMILES string of the molecule is C=CC(C)(CCC=C(C)C)OC(=O)CCC(=O)CCCC(=O)CC. The number of carbonyl (C=O) groups excluding carboxylic acids is 3. The molecule has 0 saturated carbocycles. The van der Waals surface area contributed by atoms with E-state index in [4.69, 9.17) is 4.74 Å². The average molecular weight is 336 g/mol. The molecule has 0 aromatic rings. The lowest BCUT2D eigenvalue weighted by Crippen LogP contribution is -2.29. The number of ether oxygens (including phenoxy) is 1. The first kappa shape index (κ1) is 22.3. The number of esters is 1. The Bertz CT molecular complexity index is 472. The lowest BCUT2D eigenvalue weighted by atomic mass is 9.99. The molecule has 0 aromatic carbocycles. The van der Waals surface area contributed by atoms with Gasteiger partial charge < -0.3 is 4.74 Å². The zero-order chi connectivity index (χ0) is 18.6. The van der Waals surface area contributed by atoms with Gasteiger partial charge in [-0.15, -0.1) is 0 Å². The molecule has 1 unspecified atom stereocenters. The van der Waals surface area contributed by atoms with E-state index < -0.39 is 5.60 Å². The fourth-order valence-electron chi connectivity index (χ4n) is 2.18. The van der Waals surface area contributed by atoms with Gasteiger partial charge in [0.2, 0.25) is 0 Å². The first-order chi connectivity index (χ1) is 11.2. The Morgan fingerprint density at radius 2 is 1.67 bits per heavy atom. The fourth-order valence-corrected chi connectivity index (χ4v) is 2.18. The summed E-state index contributed by atoms with van der Waals surface area (Å²) in [7, 11) is 0. The van der Waals surface area contributed by atoms with Gasteiger partial charge in [-0.05, 0) is 46.1 Å². The molecule has 0 aromatic heterocycles. The van der Waals surface area contributed by atoms with Crippen molar-refractivity contribution >= 4 is 17.5 Å². The van der Waals surface area contributed by atoms with Crippen molar-refractivity contribution in [1.29, 1.82) is 0 Å². The minimum atomic E-state index is -0.709. The number of ketones is 2. The molecule has 0 bridgehead atoms. The summed E-state index contributed by atoms with van der Waals surface area (Å²) in [5.41, 5.74) is 0.513. The third-order valence-corrected chi connectivity index (χ3v) is 3.89. The van der Waals surface area contributed by atoms with Crippen LogP contribution in [0, 0.1) is 0 Å². The van der Waals surface area contributed by atoms with Gasteiger partial charge in [0.15, 0.2) is 0 Å². The van der Waals surface area contributed by atoms with Crippen molar-refractivity contribution in [2.75, 3.05) is 0 Å². The average Bonchev–Trinajstić information content (AvgIpc) is 2.52. The second-order valence-corrected chi connectivity index (χ2v) is 6.60. The van der Waals surface area contributed by atoms with Gasteiger partial charge in [0.1, 0.15) is 17.2 Å². The van der Waals surface area contributed by atoms with Gasteiger partial charge in [-0.2, -0.15) is 0 Å². The lowest BCUT2D eigenvalue weighted by molar-refractivity contribution is -0.155. The van der Waals surface area contributed by atoms with Crippen molar-refractivity contribution in [3.8, 4) is 0 Å². The molecule has 0 heterocycles. The van der Waals surface area contributed by atoms with Crippen molar-refractivity contribution in [2.45, 2.75) is 84.7 Å². The molecule has 0 aliphatic carbocycles. The third-order valence-electron chi connectivity index (χ3n) is 3.89. The minimum Gasteiger partial charge on any atom is -0.455 e. The molecule has 0 spiro atoms. The molecule has 0 radical (unpaired) electrons. The molecule has 0 fully saturated rings. The Morgan fingerprint density at radius 3 is 2.21 bits per heavy atom. The van der Waals surface area contributed by atoms with Crippen LogP contribution < -0.4 is 0 Å². The van der Waals surface area contributed by atoms with Crippen LogP contribution >= 0.6 is 0 Å². The Labute approximate surface area is 146 Å². The summed E-state index contributed by atoms with van der Waals surface area (Å²) in [5, 5.41) is 0. The molecule has 24 heavy (non-hydrogen) atoms. The quantitative estimate of drug-likeness (QED) is 0.361. The Hall–Kier alpha value is -1.71. The lowest BCUT2D eigenvalue weighted by Gasteiger charge is -2.25. The van der Waals surface area contributed by atoms with Crippen molar-refractivity contribution in [3.63, 3.8) is 0 Å². The van der Waals surface area contributed by atoms with E-state index in [1.54, 1.807) is 6.08 Å². The standard InChI is InChI=1S/C20H32O4/c1-6-17(21)11-8-12-18(22)13-14-19(23)24-20(5,7-2)15-9-10-16(3)4/h7,10H,2,6,8-9,11-15H2,1,3-5H3. The topological polar surface area (TPSA) is 60.4 Å². The van der Waals surface area contributed by atoms with Gasteiger partial charge in [0.25, 0.3) is 0 Å². The van der Waals surface area contributed by atoms with Gasteiger partial charge in [-0.25, -0.2) is 0 Å². The molecular weight excluding hydrogens is 304 g/mol. The molecule has 0 amide bonds. The normalized spacial score (nSPS) is 12.8. The predicted octanol–water partition coefficient (Wildman–Crippen LogP) is 4.72. The first-order valence-electron chi connectivity index (χ1n) is 8.74. The molecule has 1 atom stereocenters. The molecule has 0 aliphatic heterocycles. The van der Waals surface area contributed by atoms with Crippen LogP contribution in [-0.4, -0.2) is 23.1 Å². The van der Waals surface area contributed by atoms with Crippen molar-refractivity contribution in [1.82, 2.24) is 0 Å². The maximum Gasteiger partial charge on any atom is 0.307 e. The zero-order valence-electron chi connectivity index (χ0n) is 15.7. The van der Waals surface area contributed by atoms with Crippen LogP contribution in [0.5, 0.6) is 0 Å². The van der Waals surface area contributed by atoms with Crippen LogP contribution in [0.15, 0.2) is 24.3 Å². The summed E-state index contributed by atoms with van der Waals surface area (Å²) in [6.45, 7) is 11.4. The van der Waals surface area contributed by atoms with E-state index in [2.05, 4.69) is 12.7 Å². The van der Waals surface area contributed by atoms with Gasteiger partial charge in [0, 0.05) is 25.7 Å². The van der Waals surface area contributed by atoms with Gasteiger partial charge in [0.05, 0.1) is 6.42 Å². The smallest absolute Gasteiger partial charge is 0.307 e.